The molecular weight excluding hydrogens is 969 g/mol. The first-order valence-corrected chi connectivity index (χ1v) is 25.4. The summed E-state index contributed by atoms with van der Waals surface area (Å²) in [7, 11) is 1.28. The Kier molecular flexibility index (Phi) is 23.7. The predicted molar refractivity (Wildman–Crippen MR) is 276 cm³/mol. The highest BCUT2D eigenvalue weighted by molar-refractivity contribution is 5.99. The SMILES string of the molecule is CCCCCc1ccccc1CCC(=O)N[C@@H]1C(=O)N(C)C(Cc2ccc(O)cc2)C(=O)N[C@@H](CC(C)C)C(=O)N[C@H](Cc2ccccc2)C(=O)N[C@@H]([C@H](C)O)C(=O)N[C@@H](CC(N)=O)C(=O)N[C@@H](CO)C(=O)O[C@@H]1C. The van der Waals surface area contributed by atoms with Crippen molar-refractivity contribution in [2.75, 3.05) is 13.7 Å². The van der Waals surface area contributed by atoms with E-state index in [1.54, 1.807) is 44.2 Å². The second-order valence-electron chi connectivity index (χ2n) is 19.4. The summed E-state index contributed by atoms with van der Waals surface area (Å²) in [5.41, 5.74) is 8.45. The van der Waals surface area contributed by atoms with Crippen LogP contribution in [0.4, 0.5) is 0 Å². The average molecular weight is 1040 g/mol. The number of phenols is 1. The van der Waals surface area contributed by atoms with Crippen molar-refractivity contribution in [2.45, 2.75) is 153 Å². The van der Waals surface area contributed by atoms with Gasteiger partial charge in [-0.2, -0.15) is 0 Å². The highest BCUT2D eigenvalue weighted by atomic mass is 16.5. The molecule has 0 radical (unpaired) electrons. The van der Waals surface area contributed by atoms with Gasteiger partial charge in [-0.05, 0) is 79.8 Å². The zero-order valence-corrected chi connectivity index (χ0v) is 43.5. The number of aryl methyl sites for hydroxylation is 2. The van der Waals surface area contributed by atoms with Crippen molar-refractivity contribution in [1.29, 1.82) is 0 Å². The fourth-order valence-electron chi connectivity index (χ4n) is 8.54. The van der Waals surface area contributed by atoms with Crippen LogP contribution in [0, 0.1) is 5.92 Å². The number of nitrogens with zero attached hydrogens (tertiary/aromatic N) is 1. The quantitative estimate of drug-likeness (QED) is 0.0615. The van der Waals surface area contributed by atoms with Gasteiger partial charge in [-0.15, -0.1) is 0 Å². The summed E-state index contributed by atoms with van der Waals surface area (Å²) < 4.78 is 5.69. The molecule has 1 aliphatic heterocycles. The Morgan fingerprint density at radius 2 is 1.27 bits per heavy atom. The van der Waals surface area contributed by atoms with Gasteiger partial charge in [0.25, 0.3) is 0 Å². The molecule has 0 aromatic heterocycles. The Bertz CT molecular complexity index is 2440. The van der Waals surface area contributed by atoms with E-state index >= 15 is 4.79 Å². The van der Waals surface area contributed by atoms with Crippen LogP contribution in [0.15, 0.2) is 78.9 Å². The van der Waals surface area contributed by atoms with Crippen LogP contribution in [0.3, 0.4) is 0 Å². The molecule has 3 aromatic rings. The molecule has 8 amide bonds. The lowest BCUT2D eigenvalue weighted by Crippen LogP contribution is -2.63. The van der Waals surface area contributed by atoms with E-state index in [2.05, 4.69) is 38.8 Å². The number of cyclic esters (lactones) is 1. The van der Waals surface area contributed by atoms with Crippen molar-refractivity contribution in [2.24, 2.45) is 11.7 Å². The third-order valence-corrected chi connectivity index (χ3v) is 12.8. The van der Waals surface area contributed by atoms with Gasteiger partial charge in [0, 0.05) is 26.3 Å². The Hall–Kier alpha value is -7.39. The summed E-state index contributed by atoms with van der Waals surface area (Å²) in [5.74, 6) is -9.38. The minimum absolute atomic E-state index is 0.0162. The third kappa shape index (κ3) is 18.8. The number of nitrogens with two attached hydrogens (primary N) is 1. The Morgan fingerprint density at radius 1 is 0.707 bits per heavy atom. The first kappa shape index (κ1) is 60.2. The number of esters is 1. The summed E-state index contributed by atoms with van der Waals surface area (Å²) in [4.78, 5) is 127. The van der Waals surface area contributed by atoms with Gasteiger partial charge in [-0.1, -0.05) is 100 Å². The van der Waals surface area contributed by atoms with E-state index in [0.29, 0.717) is 11.1 Å². The summed E-state index contributed by atoms with van der Waals surface area (Å²) >= 11 is 0. The first-order valence-electron chi connectivity index (χ1n) is 25.4. The minimum Gasteiger partial charge on any atom is -0.508 e. The molecule has 3 aromatic carbocycles. The second-order valence-corrected chi connectivity index (χ2v) is 19.4. The van der Waals surface area contributed by atoms with E-state index in [1.165, 1.54) is 38.2 Å². The van der Waals surface area contributed by atoms with E-state index < -0.39 is 121 Å². The number of carbonyl (C=O) groups is 9. The first-order chi connectivity index (χ1) is 35.6. The molecule has 9 atom stereocenters. The van der Waals surface area contributed by atoms with Crippen molar-refractivity contribution in [1.82, 2.24) is 36.8 Å². The van der Waals surface area contributed by atoms with Gasteiger partial charge in [0.05, 0.1) is 19.1 Å². The van der Waals surface area contributed by atoms with Gasteiger partial charge in [0.2, 0.25) is 47.3 Å². The largest absolute Gasteiger partial charge is 0.508 e. The van der Waals surface area contributed by atoms with Gasteiger partial charge < -0.3 is 62.6 Å². The molecule has 1 aliphatic rings. The molecule has 0 spiro atoms. The third-order valence-electron chi connectivity index (χ3n) is 12.8. The summed E-state index contributed by atoms with van der Waals surface area (Å²) in [5, 5.41) is 46.4. The van der Waals surface area contributed by atoms with Crippen molar-refractivity contribution in [3.63, 3.8) is 0 Å². The zero-order chi connectivity index (χ0) is 55.4. The van der Waals surface area contributed by atoms with Gasteiger partial charge in [0.1, 0.15) is 48.1 Å². The Morgan fingerprint density at radius 3 is 1.87 bits per heavy atom. The lowest BCUT2D eigenvalue weighted by atomic mass is 9.97. The standard InChI is InChI=1S/C54H74N8O13/c1-7-8-10-17-36-18-13-14-19-37(36)22-25-45(67)60-47-33(5)75-54(74)42(30-63)59-49(69)41(29-44(55)66)58-52(72)46(32(4)64)61-50(70)40(27-34-15-11-9-12-16-34)56-48(68)39(26-31(2)3)57-51(71)43(62(6)53(47)73)28-35-20-23-38(65)24-21-35/h9,11-16,18-21,23-24,31-33,39-43,46-47,63-65H,7-8,10,17,22,25-30H2,1-6H3,(H2,55,66)(H,56,68)(H,57,71)(H,58,72)(H,59,69)(H,60,67)(H,61,70)/t32-,33+,39-,40+,41-,42-,43?,46-,47-/m0/s1. The number of carbonyl (C=O) groups excluding carboxylic acids is 9. The van der Waals surface area contributed by atoms with Crippen molar-refractivity contribution in [3.8, 4) is 5.75 Å². The average Bonchev–Trinajstić information content (AvgIpc) is 3.36. The molecule has 75 heavy (non-hydrogen) atoms. The Labute approximate surface area is 437 Å². The molecule has 21 nitrogen and oxygen atoms in total. The minimum atomic E-state index is -1.90. The van der Waals surface area contributed by atoms with E-state index in [9.17, 15) is 53.7 Å². The van der Waals surface area contributed by atoms with Gasteiger partial charge in [0.15, 0.2) is 6.04 Å². The molecule has 1 heterocycles. The van der Waals surface area contributed by atoms with E-state index in [1.807, 2.05) is 24.3 Å². The molecule has 0 bridgehead atoms. The molecular formula is C54H74N8O13. The zero-order valence-electron chi connectivity index (χ0n) is 43.5. The smallest absolute Gasteiger partial charge is 0.331 e. The number of likely N-dealkylation sites (N-methyl/N-ethyl adjacent to an activating group) is 1. The van der Waals surface area contributed by atoms with Crippen molar-refractivity contribution >= 4 is 53.2 Å². The van der Waals surface area contributed by atoms with Crippen LogP contribution in [-0.2, 0) is 73.6 Å². The highest BCUT2D eigenvalue weighted by Crippen LogP contribution is 2.19. The fourth-order valence-corrected chi connectivity index (χ4v) is 8.54. The van der Waals surface area contributed by atoms with Crippen LogP contribution in [0.5, 0.6) is 5.75 Å². The van der Waals surface area contributed by atoms with Gasteiger partial charge in [-0.25, -0.2) is 4.79 Å². The number of ether oxygens (including phenoxy) is 1. The molecule has 11 N–H and O–H groups in total. The molecule has 408 valence electrons. The molecule has 4 rings (SSSR count). The number of hydrogen-bond acceptors (Lipinski definition) is 13. The number of amides is 8. The number of nitrogens with one attached hydrogen (secondary N) is 6. The summed E-state index contributed by atoms with van der Waals surface area (Å²) in [6.07, 6.45) is -0.506. The highest BCUT2D eigenvalue weighted by Gasteiger charge is 2.40. The summed E-state index contributed by atoms with van der Waals surface area (Å²) in [6, 6.07) is 10.4. The van der Waals surface area contributed by atoms with Crippen molar-refractivity contribution < 1.29 is 63.2 Å². The normalized spacial score (nSPS) is 23.3. The lowest BCUT2D eigenvalue weighted by molar-refractivity contribution is -0.159. The molecule has 0 saturated carbocycles. The number of benzene rings is 3. The van der Waals surface area contributed by atoms with Crippen molar-refractivity contribution in [3.05, 3.63) is 101 Å². The molecule has 1 unspecified atom stereocenters. The number of phenolic OH excluding ortho intramolecular Hbond substituents is 1. The molecule has 1 saturated heterocycles. The van der Waals surface area contributed by atoms with Crippen LogP contribution >= 0.6 is 0 Å². The maximum atomic E-state index is 15.0. The maximum Gasteiger partial charge on any atom is 0.331 e. The maximum absolute atomic E-state index is 15.0. The van der Waals surface area contributed by atoms with E-state index in [4.69, 9.17) is 10.5 Å². The number of aromatic hydroxyl groups is 1. The number of rotatable bonds is 18. The van der Waals surface area contributed by atoms with Crippen LogP contribution in [0.25, 0.3) is 0 Å². The van der Waals surface area contributed by atoms with Crippen LogP contribution < -0.4 is 37.6 Å². The Balaban J connectivity index is 1.85. The molecule has 21 heteroatoms. The number of primary amides is 1. The van der Waals surface area contributed by atoms with Crippen LogP contribution in [0.2, 0.25) is 0 Å². The predicted octanol–water partition coefficient (Wildman–Crippen LogP) is 0.519. The van der Waals surface area contributed by atoms with Crippen LogP contribution in [0.1, 0.15) is 95.4 Å². The number of unbranched alkanes of at least 4 members (excludes halogenated alkanes) is 2. The summed E-state index contributed by atoms with van der Waals surface area (Å²) in [6.45, 7) is 7.01. The molecule has 1 fully saturated rings. The topological polar surface area (TPSA) is 325 Å². The monoisotopic (exact) mass is 1040 g/mol. The number of aliphatic hydroxyl groups is 2. The van der Waals surface area contributed by atoms with E-state index in [0.717, 1.165) is 48.6 Å². The number of hydrogen-bond donors (Lipinski definition) is 10. The van der Waals surface area contributed by atoms with Crippen LogP contribution in [-0.4, -0.2) is 142 Å². The van der Waals surface area contributed by atoms with Gasteiger partial charge >= 0.3 is 5.97 Å². The molecule has 0 aliphatic carbocycles. The fraction of sp³-hybridized carbons (Fsp3) is 0.500. The van der Waals surface area contributed by atoms with Gasteiger partial charge in [-0.3, -0.25) is 38.4 Å². The van der Waals surface area contributed by atoms with E-state index in [-0.39, 0.29) is 43.8 Å². The lowest BCUT2D eigenvalue weighted by Gasteiger charge is -2.34. The second kappa shape index (κ2) is 29.5. The number of aliphatic hydroxyl groups excluding tert-OH is 2.